The first-order valence-corrected chi connectivity index (χ1v) is 11.5. The van der Waals surface area contributed by atoms with Crippen LogP contribution in [-0.4, -0.2) is 33.5 Å². The Balaban J connectivity index is 1.78. The van der Waals surface area contributed by atoms with Gasteiger partial charge in [-0.25, -0.2) is 22.8 Å². The van der Waals surface area contributed by atoms with Gasteiger partial charge in [0.15, 0.2) is 5.13 Å². The molecule has 0 unspecified atom stereocenters. The lowest BCUT2D eigenvalue weighted by Gasteiger charge is -2.14. The Labute approximate surface area is 176 Å². The molecule has 10 heteroatoms. The van der Waals surface area contributed by atoms with E-state index in [0.29, 0.717) is 11.1 Å². The summed E-state index contributed by atoms with van der Waals surface area (Å²) in [6.07, 6.45) is 1.25. The van der Waals surface area contributed by atoms with E-state index in [4.69, 9.17) is 4.78 Å². The van der Waals surface area contributed by atoms with Crippen LogP contribution < -0.4 is 4.90 Å². The summed E-state index contributed by atoms with van der Waals surface area (Å²) in [4.78, 5) is 18.0. The fraction of sp³-hybridized carbons (Fsp3) is 0.200. The quantitative estimate of drug-likeness (QED) is 0.596. The first kappa shape index (κ1) is 22.0. The predicted molar refractivity (Wildman–Crippen MR) is 112 cm³/mol. The maximum atomic E-state index is 13.9. The van der Waals surface area contributed by atoms with Crippen molar-refractivity contribution in [2.45, 2.75) is 17.2 Å². The average molecular weight is 452 g/mol. The summed E-state index contributed by atoms with van der Waals surface area (Å²) in [5.74, 6) is -1.39. The number of hydrogen-bond acceptors (Lipinski definition) is 6. The molecule has 0 fully saturated rings. The van der Waals surface area contributed by atoms with Crippen LogP contribution in [0.2, 0.25) is 0 Å². The van der Waals surface area contributed by atoms with Crippen LogP contribution in [0.4, 0.5) is 13.9 Å². The summed E-state index contributed by atoms with van der Waals surface area (Å²) in [6.45, 7) is -0.477. The van der Waals surface area contributed by atoms with Gasteiger partial charge in [0.05, 0.1) is 28.5 Å². The highest BCUT2D eigenvalue weighted by molar-refractivity contribution is 7.93. The summed E-state index contributed by atoms with van der Waals surface area (Å²) >= 11 is 0.935. The third-order valence-corrected chi connectivity index (χ3v) is 7.48. The van der Waals surface area contributed by atoms with Crippen molar-refractivity contribution in [3.8, 4) is 11.1 Å². The Morgan fingerprint density at radius 3 is 2.47 bits per heavy atom. The number of aliphatic hydroxyl groups is 1. The van der Waals surface area contributed by atoms with Gasteiger partial charge >= 0.3 is 0 Å². The number of aromatic nitrogens is 1. The van der Waals surface area contributed by atoms with Crippen LogP contribution in [0.25, 0.3) is 11.1 Å². The zero-order chi connectivity index (χ0) is 22.1. The van der Waals surface area contributed by atoms with E-state index in [0.717, 1.165) is 29.5 Å². The first-order chi connectivity index (χ1) is 14.1. The van der Waals surface area contributed by atoms with Crippen LogP contribution in [0.1, 0.15) is 11.3 Å². The van der Waals surface area contributed by atoms with E-state index >= 15 is 0 Å². The summed E-state index contributed by atoms with van der Waals surface area (Å²) in [5.41, 5.74) is 1.40. The Morgan fingerprint density at radius 1 is 1.23 bits per heavy atom. The molecular weight excluding hydrogens is 432 g/mol. The molecule has 2 N–H and O–H groups in total. The highest BCUT2D eigenvalue weighted by Crippen LogP contribution is 2.30. The van der Waals surface area contributed by atoms with E-state index in [1.807, 2.05) is 0 Å². The summed E-state index contributed by atoms with van der Waals surface area (Å²) in [6, 6.07) is 9.74. The largest absolute Gasteiger partial charge is 0.390 e. The van der Waals surface area contributed by atoms with Gasteiger partial charge in [0.2, 0.25) is 5.91 Å². The second kappa shape index (κ2) is 8.58. The molecule has 1 aromatic heterocycles. The minimum atomic E-state index is -3.08. The number of anilines is 1. The molecule has 0 aliphatic carbocycles. The fourth-order valence-electron chi connectivity index (χ4n) is 2.79. The Hall–Kier alpha value is -2.69. The molecule has 30 heavy (non-hydrogen) atoms. The number of thiazole rings is 1. The number of halogens is 2. The molecule has 158 valence electrons. The zero-order valence-electron chi connectivity index (χ0n) is 16.2. The summed E-state index contributed by atoms with van der Waals surface area (Å²) in [5, 5.41) is 9.62. The molecule has 6 nitrogen and oxygen atoms in total. The van der Waals surface area contributed by atoms with Gasteiger partial charge in [-0.2, -0.15) is 0 Å². The molecule has 0 saturated carbocycles. The lowest BCUT2D eigenvalue weighted by molar-refractivity contribution is -0.117. The number of hydrogen-bond donors (Lipinski definition) is 2. The van der Waals surface area contributed by atoms with Crippen molar-refractivity contribution in [1.29, 1.82) is 4.78 Å². The topological polar surface area (TPSA) is 94.3 Å². The number of carbonyl (C=O) groups excluding carboxylic acids is 1. The molecule has 0 aliphatic rings. The average Bonchev–Trinajstić information content (AvgIpc) is 3.15. The van der Waals surface area contributed by atoms with Gasteiger partial charge in [-0.05, 0) is 29.3 Å². The van der Waals surface area contributed by atoms with Crippen LogP contribution in [0, 0.1) is 16.4 Å². The molecule has 2 aromatic carbocycles. The van der Waals surface area contributed by atoms with Crippen molar-refractivity contribution in [3.05, 3.63) is 65.4 Å². The number of benzene rings is 2. The summed E-state index contributed by atoms with van der Waals surface area (Å²) < 4.78 is 47.2. The Morgan fingerprint density at radius 2 is 1.90 bits per heavy atom. The predicted octanol–water partition coefficient (Wildman–Crippen LogP) is 3.82. The maximum absolute atomic E-state index is 13.9. The van der Waals surface area contributed by atoms with Gasteiger partial charge in [0.1, 0.15) is 15.8 Å². The van der Waals surface area contributed by atoms with Gasteiger partial charge in [-0.3, -0.25) is 9.69 Å². The van der Waals surface area contributed by atoms with Gasteiger partial charge in [0, 0.05) is 18.9 Å². The van der Waals surface area contributed by atoms with Crippen molar-refractivity contribution < 1.29 is 22.9 Å². The first-order valence-electron chi connectivity index (χ1n) is 8.75. The number of aliphatic hydroxyl groups excluding tert-OH is 1. The molecule has 0 bridgehead atoms. The lowest BCUT2D eigenvalue weighted by atomic mass is 10.0. The standard InChI is InChI=1S/C20H19F2N3O3S2/c1-25(20-24-17(11-26)19(29-20)30(2,23)28)18(27)9-12-3-5-13(6-4-12)15-10-14(21)7-8-16(15)22/h3-8,10,23,26H,9,11H2,1-2H3/t30-/m0/s1. The third-order valence-electron chi connectivity index (χ3n) is 4.36. The van der Waals surface area contributed by atoms with Gasteiger partial charge in [-0.1, -0.05) is 35.6 Å². The number of nitrogens with zero attached hydrogens (tertiary/aromatic N) is 2. The smallest absolute Gasteiger partial charge is 0.232 e. The van der Waals surface area contributed by atoms with E-state index in [-0.39, 0.29) is 32.9 Å². The van der Waals surface area contributed by atoms with Crippen LogP contribution in [0.15, 0.2) is 46.7 Å². The van der Waals surface area contributed by atoms with E-state index in [1.54, 1.807) is 24.3 Å². The second-order valence-electron chi connectivity index (χ2n) is 6.68. The van der Waals surface area contributed by atoms with Crippen molar-refractivity contribution >= 4 is 32.1 Å². The minimum Gasteiger partial charge on any atom is -0.390 e. The van der Waals surface area contributed by atoms with Crippen LogP contribution in [-0.2, 0) is 27.6 Å². The lowest BCUT2D eigenvalue weighted by Crippen LogP contribution is -2.27. The Bertz CT molecular complexity index is 1190. The third kappa shape index (κ3) is 4.72. The minimum absolute atomic E-state index is 0.0220. The highest BCUT2D eigenvalue weighted by Gasteiger charge is 2.22. The van der Waals surface area contributed by atoms with Gasteiger partial charge < -0.3 is 5.11 Å². The van der Waals surface area contributed by atoms with Crippen LogP contribution >= 0.6 is 11.3 Å². The molecule has 0 saturated heterocycles. The molecule has 0 aliphatic heterocycles. The van der Waals surface area contributed by atoms with E-state index in [2.05, 4.69) is 4.98 Å². The Kier molecular flexibility index (Phi) is 6.30. The molecule has 1 atom stereocenters. The second-order valence-corrected chi connectivity index (χ2v) is 10.0. The van der Waals surface area contributed by atoms with E-state index in [1.165, 1.54) is 18.2 Å². The molecule has 3 rings (SSSR count). The van der Waals surface area contributed by atoms with Gasteiger partial charge in [-0.15, -0.1) is 0 Å². The zero-order valence-corrected chi connectivity index (χ0v) is 17.8. The van der Waals surface area contributed by atoms with Gasteiger partial charge in [0.25, 0.3) is 0 Å². The maximum Gasteiger partial charge on any atom is 0.232 e. The van der Waals surface area contributed by atoms with Crippen LogP contribution in [0.3, 0.4) is 0 Å². The number of nitrogens with one attached hydrogen (secondary N) is 1. The monoisotopic (exact) mass is 451 g/mol. The molecule has 3 aromatic rings. The van der Waals surface area contributed by atoms with Crippen molar-refractivity contribution in [1.82, 2.24) is 4.98 Å². The van der Waals surface area contributed by atoms with E-state index < -0.39 is 28.0 Å². The summed E-state index contributed by atoms with van der Waals surface area (Å²) in [7, 11) is -1.58. The molecule has 1 amide bonds. The number of rotatable bonds is 6. The highest BCUT2D eigenvalue weighted by atomic mass is 32.2. The van der Waals surface area contributed by atoms with Crippen molar-refractivity contribution in [2.75, 3.05) is 18.2 Å². The normalized spacial score (nSPS) is 13.1. The number of amides is 1. The molecule has 1 heterocycles. The van der Waals surface area contributed by atoms with Crippen LogP contribution in [0.5, 0.6) is 0 Å². The molecule has 0 spiro atoms. The van der Waals surface area contributed by atoms with Crippen molar-refractivity contribution in [3.63, 3.8) is 0 Å². The SMILES string of the molecule is CN(C(=O)Cc1ccc(-c2cc(F)ccc2F)cc1)c1nc(CO)c([S@@](C)(=N)=O)s1. The van der Waals surface area contributed by atoms with E-state index in [9.17, 15) is 22.9 Å². The number of likely N-dealkylation sites (N-methyl/N-ethyl adjacent to an activating group) is 1. The molecule has 0 radical (unpaired) electrons. The number of carbonyl (C=O) groups is 1. The van der Waals surface area contributed by atoms with Crippen molar-refractivity contribution in [2.24, 2.45) is 0 Å². The fourth-order valence-corrected chi connectivity index (χ4v) is 5.00. The molecular formula is C20H19F2N3O3S2.